The van der Waals surface area contributed by atoms with Gasteiger partial charge in [-0.1, -0.05) is 39.7 Å². The monoisotopic (exact) mass is 362 g/mol. The molecule has 2 aromatic rings. The van der Waals surface area contributed by atoms with Crippen molar-refractivity contribution in [1.29, 1.82) is 0 Å². The number of halogens is 1. The lowest BCUT2D eigenvalue weighted by Gasteiger charge is -2.18. The third-order valence-electron chi connectivity index (χ3n) is 3.28. The number of aryl methyl sites for hydroxylation is 1. The zero-order chi connectivity index (χ0) is 16.1. The summed E-state index contributed by atoms with van der Waals surface area (Å²) >= 11 is 3.38. The second-order valence-corrected chi connectivity index (χ2v) is 5.99. The smallest absolute Gasteiger partial charge is 0.319 e. The van der Waals surface area contributed by atoms with Crippen molar-refractivity contribution in [2.75, 3.05) is 12.4 Å². The van der Waals surface area contributed by atoms with E-state index in [9.17, 15) is 4.79 Å². The molecule has 1 unspecified atom stereocenters. The van der Waals surface area contributed by atoms with E-state index in [2.05, 4.69) is 26.6 Å². The fourth-order valence-corrected chi connectivity index (χ4v) is 2.60. The van der Waals surface area contributed by atoms with Gasteiger partial charge in [-0.15, -0.1) is 0 Å². The summed E-state index contributed by atoms with van der Waals surface area (Å²) in [7, 11) is 1.63. The van der Waals surface area contributed by atoms with Crippen LogP contribution in [0.5, 0.6) is 5.75 Å². The van der Waals surface area contributed by atoms with Crippen LogP contribution in [0.3, 0.4) is 0 Å². The zero-order valence-corrected chi connectivity index (χ0v) is 14.4. The Morgan fingerprint density at radius 3 is 2.68 bits per heavy atom. The molecule has 2 aromatic carbocycles. The van der Waals surface area contributed by atoms with Gasteiger partial charge in [-0.25, -0.2) is 4.79 Å². The number of anilines is 1. The van der Waals surface area contributed by atoms with Crippen LogP contribution in [0.2, 0.25) is 0 Å². The molecule has 0 aliphatic rings. The number of benzene rings is 2. The summed E-state index contributed by atoms with van der Waals surface area (Å²) in [5.74, 6) is 0.765. The van der Waals surface area contributed by atoms with E-state index in [1.807, 2.05) is 56.3 Å². The molecule has 116 valence electrons. The van der Waals surface area contributed by atoms with E-state index < -0.39 is 0 Å². The lowest BCUT2D eigenvalue weighted by atomic mass is 10.0. The maximum Gasteiger partial charge on any atom is 0.319 e. The molecule has 4 nitrogen and oxygen atoms in total. The summed E-state index contributed by atoms with van der Waals surface area (Å²) in [6.45, 7) is 3.94. The topological polar surface area (TPSA) is 50.4 Å². The Morgan fingerprint density at radius 2 is 2.00 bits per heavy atom. The Bertz CT molecular complexity index is 673. The molecule has 0 aliphatic carbocycles. The number of carbonyl (C=O) groups is 1. The van der Waals surface area contributed by atoms with Gasteiger partial charge < -0.3 is 15.4 Å². The highest BCUT2D eigenvalue weighted by Crippen LogP contribution is 2.26. The first-order valence-corrected chi connectivity index (χ1v) is 7.76. The molecule has 0 aliphatic heterocycles. The minimum absolute atomic E-state index is 0.165. The maximum atomic E-state index is 12.1. The van der Waals surface area contributed by atoms with Gasteiger partial charge in [0.15, 0.2) is 0 Å². The molecule has 0 radical (unpaired) electrons. The summed E-state index contributed by atoms with van der Waals surface area (Å²) in [4.78, 5) is 12.1. The van der Waals surface area contributed by atoms with Gasteiger partial charge in [0.2, 0.25) is 0 Å². The quantitative estimate of drug-likeness (QED) is 0.831. The molecule has 2 N–H and O–H groups in total. The van der Waals surface area contributed by atoms with Crippen molar-refractivity contribution < 1.29 is 9.53 Å². The van der Waals surface area contributed by atoms with E-state index in [1.54, 1.807) is 7.11 Å². The highest BCUT2D eigenvalue weighted by atomic mass is 79.9. The van der Waals surface area contributed by atoms with Crippen LogP contribution in [-0.2, 0) is 0 Å². The standard InChI is InChI=1S/C17H19BrN2O2/c1-11-7-8-16(22-3)15(9-11)12(2)19-17(21)20-14-6-4-5-13(18)10-14/h4-10,12H,1-3H3,(H2,19,20,21). The molecular formula is C17H19BrN2O2. The second-order valence-electron chi connectivity index (χ2n) is 5.08. The number of hydrogen-bond donors (Lipinski definition) is 2. The lowest BCUT2D eigenvalue weighted by Crippen LogP contribution is -2.31. The first-order chi connectivity index (χ1) is 10.5. The number of methoxy groups -OCH3 is 1. The van der Waals surface area contributed by atoms with Crippen molar-refractivity contribution in [3.8, 4) is 5.75 Å². The Morgan fingerprint density at radius 1 is 1.23 bits per heavy atom. The fraction of sp³-hybridized carbons (Fsp3) is 0.235. The van der Waals surface area contributed by atoms with Crippen molar-refractivity contribution in [2.24, 2.45) is 0 Å². The van der Waals surface area contributed by atoms with Gasteiger partial charge in [0, 0.05) is 15.7 Å². The van der Waals surface area contributed by atoms with Gasteiger partial charge in [0.05, 0.1) is 13.2 Å². The Balaban J connectivity index is 2.06. The molecule has 0 aromatic heterocycles. The van der Waals surface area contributed by atoms with Crippen LogP contribution in [-0.4, -0.2) is 13.1 Å². The highest BCUT2D eigenvalue weighted by molar-refractivity contribution is 9.10. The predicted octanol–water partition coefficient (Wildman–Crippen LogP) is 4.65. The van der Waals surface area contributed by atoms with Crippen molar-refractivity contribution in [3.05, 3.63) is 58.1 Å². The molecule has 0 fully saturated rings. The first kappa shape index (κ1) is 16.4. The van der Waals surface area contributed by atoms with Crippen molar-refractivity contribution in [2.45, 2.75) is 19.9 Å². The van der Waals surface area contributed by atoms with Crippen LogP contribution in [0.15, 0.2) is 46.9 Å². The first-order valence-electron chi connectivity index (χ1n) is 6.97. The summed E-state index contributed by atoms with van der Waals surface area (Å²) in [6.07, 6.45) is 0. The van der Waals surface area contributed by atoms with Crippen molar-refractivity contribution in [1.82, 2.24) is 5.32 Å². The van der Waals surface area contributed by atoms with E-state index >= 15 is 0 Å². The minimum atomic E-state index is -0.255. The molecular weight excluding hydrogens is 344 g/mol. The Kier molecular flexibility index (Phi) is 5.44. The van der Waals surface area contributed by atoms with Gasteiger partial charge in [-0.3, -0.25) is 0 Å². The number of urea groups is 1. The molecule has 2 rings (SSSR count). The number of rotatable bonds is 4. The normalized spacial score (nSPS) is 11.6. The lowest BCUT2D eigenvalue weighted by molar-refractivity contribution is 0.249. The average molecular weight is 363 g/mol. The molecule has 22 heavy (non-hydrogen) atoms. The molecule has 0 saturated heterocycles. The van der Waals surface area contributed by atoms with E-state index in [0.29, 0.717) is 0 Å². The van der Waals surface area contributed by atoms with Crippen LogP contribution < -0.4 is 15.4 Å². The maximum absolute atomic E-state index is 12.1. The van der Waals surface area contributed by atoms with Gasteiger partial charge in [-0.05, 0) is 38.1 Å². The van der Waals surface area contributed by atoms with E-state index in [-0.39, 0.29) is 12.1 Å². The third kappa shape index (κ3) is 4.24. The molecule has 5 heteroatoms. The van der Waals surface area contributed by atoms with Crippen LogP contribution >= 0.6 is 15.9 Å². The van der Waals surface area contributed by atoms with Crippen molar-refractivity contribution >= 4 is 27.6 Å². The van der Waals surface area contributed by atoms with Crippen molar-refractivity contribution in [3.63, 3.8) is 0 Å². The summed E-state index contributed by atoms with van der Waals surface area (Å²) < 4.78 is 6.27. The molecule has 0 bridgehead atoms. The SMILES string of the molecule is COc1ccc(C)cc1C(C)NC(=O)Nc1cccc(Br)c1. The number of ether oxygens (including phenoxy) is 1. The van der Waals surface area contributed by atoms with Crippen LogP contribution in [0.25, 0.3) is 0 Å². The van der Waals surface area contributed by atoms with E-state index in [1.165, 1.54) is 0 Å². The van der Waals surface area contributed by atoms with Gasteiger partial charge >= 0.3 is 6.03 Å². The van der Waals surface area contributed by atoms with Crippen LogP contribution in [0, 0.1) is 6.92 Å². The molecule has 1 atom stereocenters. The second kappa shape index (κ2) is 7.31. The van der Waals surface area contributed by atoms with E-state index in [0.717, 1.165) is 27.0 Å². The number of hydrogen-bond acceptors (Lipinski definition) is 2. The van der Waals surface area contributed by atoms with E-state index in [4.69, 9.17) is 4.74 Å². The molecule has 0 spiro atoms. The van der Waals surface area contributed by atoms with Crippen LogP contribution in [0.4, 0.5) is 10.5 Å². The Hall–Kier alpha value is -2.01. The minimum Gasteiger partial charge on any atom is -0.496 e. The van der Waals surface area contributed by atoms with Gasteiger partial charge in [0.25, 0.3) is 0 Å². The summed E-state index contributed by atoms with van der Waals surface area (Å²) in [5, 5.41) is 5.74. The zero-order valence-electron chi connectivity index (χ0n) is 12.8. The highest BCUT2D eigenvalue weighted by Gasteiger charge is 2.14. The summed E-state index contributed by atoms with van der Waals surface area (Å²) in [5.41, 5.74) is 2.80. The Labute approximate surface area is 139 Å². The third-order valence-corrected chi connectivity index (χ3v) is 3.78. The molecule has 0 saturated carbocycles. The van der Waals surface area contributed by atoms with Gasteiger partial charge in [0.1, 0.15) is 5.75 Å². The largest absolute Gasteiger partial charge is 0.496 e. The number of carbonyl (C=O) groups excluding carboxylic acids is 1. The fourth-order valence-electron chi connectivity index (χ4n) is 2.20. The number of amides is 2. The molecule has 2 amide bonds. The summed E-state index contributed by atoms with van der Waals surface area (Å²) in [6, 6.07) is 12.9. The number of nitrogens with one attached hydrogen (secondary N) is 2. The van der Waals surface area contributed by atoms with Crippen LogP contribution in [0.1, 0.15) is 24.1 Å². The predicted molar refractivity (Wildman–Crippen MR) is 92.4 cm³/mol. The average Bonchev–Trinajstić information content (AvgIpc) is 2.47. The molecule has 0 heterocycles. The van der Waals surface area contributed by atoms with Gasteiger partial charge in [-0.2, -0.15) is 0 Å².